The second kappa shape index (κ2) is 11.5. The SMILES string of the molecule is Cc1cccnc1/C=C\N(C=O)[C@H](C)C(=N)n1cc(C(C=NCCO)=CN)cc(F)c1=N. The van der Waals surface area contributed by atoms with E-state index < -0.39 is 17.3 Å². The van der Waals surface area contributed by atoms with Crippen molar-refractivity contribution in [2.45, 2.75) is 19.9 Å². The third-order valence-electron chi connectivity index (χ3n) is 4.67. The number of aliphatic imine (C=N–C) groups is 1. The van der Waals surface area contributed by atoms with Crippen LogP contribution in [0.3, 0.4) is 0 Å². The van der Waals surface area contributed by atoms with Gasteiger partial charge in [-0.2, -0.15) is 0 Å². The summed E-state index contributed by atoms with van der Waals surface area (Å²) in [5, 5.41) is 25.4. The molecule has 1 amide bonds. The number of halogens is 1. The highest BCUT2D eigenvalue weighted by atomic mass is 19.1. The Bertz CT molecular complexity index is 1120. The maximum Gasteiger partial charge on any atom is 0.214 e. The van der Waals surface area contributed by atoms with Crippen LogP contribution in [-0.2, 0) is 4.79 Å². The van der Waals surface area contributed by atoms with Crippen LogP contribution >= 0.6 is 0 Å². The second-order valence-electron chi connectivity index (χ2n) is 6.81. The van der Waals surface area contributed by atoms with E-state index in [1.807, 2.05) is 13.0 Å². The average Bonchev–Trinajstić information content (AvgIpc) is 2.79. The highest BCUT2D eigenvalue weighted by Crippen LogP contribution is 2.13. The van der Waals surface area contributed by atoms with E-state index >= 15 is 0 Å². The fraction of sp³-hybridized carbons (Fsp3) is 0.227. The van der Waals surface area contributed by atoms with E-state index in [0.717, 1.165) is 16.2 Å². The summed E-state index contributed by atoms with van der Waals surface area (Å²) >= 11 is 0. The van der Waals surface area contributed by atoms with Crippen LogP contribution in [0.2, 0.25) is 0 Å². The Morgan fingerprint density at radius 3 is 2.88 bits per heavy atom. The van der Waals surface area contributed by atoms with Gasteiger partial charge in [0.05, 0.1) is 24.9 Å². The van der Waals surface area contributed by atoms with E-state index in [4.69, 9.17) is 21.7 Å². The van der Waals surface area contributed by atoms with Gasteiger partial charge >= 0.3 is 0 Å². The van der Waals surface area contributed by atoms with Crippen molar-refractivity contribution in [1.82, 2.24) is 14.5 Å². The number of aromatic nitrogens is 2. The number of nitrogens with zero attached hydrogens (tertiary/aromatic N) is 4. The Kier molecular flexibility index (Phi) is 8.72. The number of nitrogens with one attached hydrogen (secondary N) is 2. The van der Waals surface area contributed by atoms with E-state index in [0.29, 0.717) is 17.7 Å². The summed E-state index contributed by atoms with van der Waals surface area (Å²) in [7, 11) is 0. The van der Waals surface area contributed by atoms with Gasteiger partial charge < -0.3 is 15.7 Å². The lowest BCUT2D eigenvalue weighted by Crippen LogP contribution is -2.42. The highest BCUT2D eigenvalue weighted by molar-refractivity contribution is 6.09. The number of amides is 1. The zero-order valence-corrected chi connectivity index (χ0v) is 17.9. The van der Waals surface area contributed by atoms with Crippen molar-refractivity contribution in [3.8, 4) is 0 Å². The maximum atomic E-state index is 14.5. The molecule has 2 rings (SSSR count). The van der Waals surface area contributed by atoms with Gasteiger partial charge in [0.2, 0.25) is 6.41 Å². The molecule has 0 spiro atoms. The van der Waals surface area contributed by atoms with E-state index in [1.54, 1.807) is 25.3 Å². The minimum atomic E-state index is -0.869. The second-order valence-corrected chi connectivity index (χ2v) is 6.81. The van der Waals surface area contributed by atoms with Gasteiger partial charge in [-0.25, -0.2) is 4.39 Å². The van der Waals surface area contributed by atoms with Crippen molar-refractivity contribution in [1.29, 1.82) is 10.8 Å². The van der Waals surface area contributed by atoms with Crippen LogP contribution in [0.15, 0.2) is 48.0 Å². The zero-order chi connectivity index (χ0) is 23.7. The smallest absolute Gasteiger partial charge is 0.214 e. The van der Waals surface area contributed by atoms with Gasteiger partial charge in [-0.1, -0.05) is 6.07 Å². The van der Waals surface area contributed by atoms with Gasteiger partial charge in [-0.05, 0) is 37.6 Å². The molecule has 0 fully saturated rings. The molecule has 32 heavy (non-hydrogen) atoms. The number of hydrogen-bond acceptors (Lipinski definition) is 7. The summed E-state index contributed by atoms with van der Waals surface area (Å²) in [5.41, 5.74) is 7.31. The fourth-order valence-corrected chi connectivity index (χ4v) is 2.77. The van der Waals surface area contributed by atoms with Crippen LogP contribution < -0.4 is 11.2 Å². The molecule has 2 heterocycles. The molecule has 0 aromatic carbocycles. The topological polar surface area (TPSA) is 144 Å². The van der Waals surface area contributed by atoms with Crippen molar-refractivity contribution in [2.75, 3.05) is 13.2 Å². The Hall–Kier alpha value is -3.92. The first-order valence-electron chi connectivity index (χ1n) is 9.75. The molecular weight excluding hydrogens is 413 g/mol. The normalized spacial score (nSPS) is 12.9. The minimum Gasteiger partial charge on any atom is -0.404 e. The molecule has 0 unspecified atom stereocenters. The lowest BCUT2D eigenvalue weighted by Gasteiger charge is -2.24. The van der Waals surface area contributed by atoms with Gasteiger partial charge in [-0.15, -0.1) is 0 Å². The molecule has 2 aromatic rings. The summed E-state index contributed by atoms with van der Waals surface area (Å²) in [5.74, 6) is -1.07. The summed E-state index contributed by atoms with van der Waals surface area (Å²) < 4.78 is 15.5. The number of aliphatic hydroxyl groups is 1. The van der Waals surface area contributed by atoms with Gasteiger partial charge in [0.1, 0.15) is 5.84 Å². The van der Waals surface area contributed by atoms with Gasteiger partial charge in [0.15, 0.2) is 11.3 Å². The summed E-state index contributed by atoms with van der Waals surface area (Å²) in [4.78, 5) is 21.1. The first kappa shape index (κ1) is 24.4. The van der Waals surface area contributed by atoms with E-state index in [-0.39, 0.29) is 24.6 Å². The number of carbonyl (C=O) groups excluding carboxylic acids is 1. The highest BCUT2D eigenvalue weighted by Gasteiger charge is 2.19. The number of aliphatic hydroxyl groups excluding tert-OH is 1. The number of allylic oxidation sites excluding steroid dienone is 1. The van der Waals surface area contributed by atoms with E-state index in [2.05, 4.69) is 9.98 Å². The van der Waals surface area contributed by atoms with Crippen LogP contribution in [0.1, 0.15) is 23.7 Å². The molecule has 0 aliphatic carbocycles. The van der Waals surface area contributed by atoms with Crippen molar-refractivity contribution < 1.29 is 14.3 Å². The molecule has 0 bridgehead atoms. The predicted octanol–water partition coefficient (Wildman–Crippen LogP) is 1.52. The summed E-state index contributed by atoms with van der Waals surface area (Å²) in [6.45, 7) is 3.47. The average molecular weight is 439 g/mol. The Morgan fingerprint density at radius 2 is 2.25 bits per heavy atom. The van der Waals surface area contributed by atoms with Crippen LogP contribution in [0, 0.1) is 23.6 Å². The number of pyridine rings is 2. The molecule has 0 radical (unpaired) electrons. The van der Waals surface area contributed by atoms with Crippen molar-refractivity contribution in [2.24, 2.45) is 10.7 Å². The molecular formula is C22H26FN7O2. The third kappa shape index (κ3) is 5.82. The Morgan fingerprint density at radius 1 is 1.50 bits per heavy atom. The molecule has 5 N–H and O–H groups in total. The monoisotopic (exact) mass is 439 g/mol. The number of rotatable bonds is 9. The maximum absolute atomic E-state index is 14.5. The fourth-order valence-electron chi connectivity index (χ4n) is 2.77. The molecule has 2 aromatic heterocycles. The number of carbonyl (C=O) groups is 1. The van der Waals surface area contributed by atoms with Crippen LogP contribution in [0.5, 0.6) is 0 Å². The number of hydrogen-bond donors (Lipinski definition) is 4. The molecule has 9 nitrogen and oxygen atoms in total. The first-order valence-corrected chi connectivity index (χ1v) is 9.75. The molecule has 0 aliphatic heterocycles. The zero-order valence-electron chi connectivity index (χ0n) is 17.9. The van der Waals surface area contributed by atoms with Crippen LogP contribution in [0.25, 0.3) is 11.6 Å². The molecule has 10 heteroatoms. The summed E-state index contributed by atoms with van der Waals surface area (Å²) in [6.07, 6.45) is 9.28. The molecule has 0 aliphatic rings. The lowest BCUT2D eigenvalue weighted by molar-refractivity contribution is -0.116. The van der Waals surface area contributed by atoms with Crippen molar-refractivity contribution in [3.05, 3.63) is 71.1 Å². The predicted molar refractivity (Wildman–Crippen MR) is 121 cm³/mol. The van der Waals surface area contributed by atoms with Crippen molar-refractivity contribution in [3.63, 3.8) is 0 Å². The Labute approximate surface area is 185 Å². The molecule has 0 saturated carbocycles. The van der Waals surface area contributed by atoms with Gasteiger partial charge in [0.25, 0.3) is 0 Å². The van der Waals surface area contributed by atoms with Crippen molar-refractivity contribution >= 4 is 30.1 Å². The number of nitrogens with two attached hydrogens (primary N) is 1. The summed E-state index contributed by atoms with van der Waals surface area (Å²) in [6, 6.07) is 3.98. The van der Waals surface area contributed by atoms with Crippen LogP contribution in [0.4, 0.5) is 4.39 Å². The van der Waals surface area contributed by atoms with Gasteiger partial charge in [0, 0.05) is 42.1 Å². The number of aryl methyl sites for hydroxylation is 1. The van der Waals surface area contributed by atoms with E-state index in [9.17, 15) is 9.18 Å². The molecule has 0 saturated heterocycles. The molecule has 1 atom stereocenters. The first-order chi connectivity index (χ1) is 15.3. The molecule has 168 valence electrons. The quantitative estimate of drug-likeness (QED) is 0.267. The lowest BCUT2D eigenvalue weighted by atomic mass is 10.1. The third-order valence-corrected chi connectivity index (χ3v) is 4.67. The Balaban J connectivity index is 2.38. The standard InChI is InChI=1S/C22H26FN7O2/c1-15-4-3-6-28-20(15)5-8-29(14-32)16(2)21(25)30-13-17(10-19(23)22(30)26)18(11-24)12-27-7-9-31/h3-6,8,10-14,16,25-26,31H,7,9,24H2,1-2H3/b8-5-,18-11?,25-21?,26-22?,27-12?/t16-/m1/s1. The largest absolute Gasteiger partial charge is 0.404 e. The minimum absolute atomic E-state index is 0.149. The van der Waals surface area contributed by atoms with Gasteiger partial charge in [-0.3, -0.25) is 30.2 Å². The van der Waals surface area contributed by atoms with Crippen LogP contribution in [-0.4, -0.2) is 57.2 Å². The van der Waals surface area contributed by atoms with E-state index in [1.165, 1.54) is 29.7 Å².